The summed E-state index contributed by atoms with van der Waals surface area (Å²) in [5.74, 6) is 0.548. The molecule has 0 amide bonds. The highest BCUT2D eigenvalue weighted by Gasteiger charge is 2.21. The lowest BCUT2D eigenvalue weighted by Gasteiger charge is -2.24. The first-order valence-corrected chi connectivity index (χ1v) is 10.1. The summed E-state index contributed by atoms with van der Waals surface area (Å²) < 4.78 is 13.3. The molecule has 0 saturated heterocycles. The maximum Gasteiger partial charge on any atom is 0.100 e. The summed E-state index contributed by atoms with van der Waals surface area (Å²) in [5, 5.41) is 0. The Morgan fingerprint density at radius 1 is 0.760 bits per heavy atom. The Hall–Kier alpha value is -1.63. The van der Waals surface area contributed by atoms with E-state index in [-0.39, 0.29) is 0 Å². The predicted octanol–water partition coefficient (Wildman–Crippen LogP) is 7.47. The van der Waals surface area contributed by atoms with Crippen LogP contribution in [0.25, 0.3) is 11.1 Å². The van der Waals surface area contributed by atoms with Crippen molar-refractivity contribution in [2.75, 3.05) is 0 Å². The lowest BCUT2D eigenvalue weighted by molar-refractivity contribution is 0.235. The lowest BCUT2D eigenvalue weighted by Crippen LogP contribution is -2.13. The SMILES string of the molecule is CCCCCCc1ccc(-c2ccc(C3CCC(F)CC3)cc2)cc1. The van der Waals surface area contributed by atoms with Gasteiger partial charge in [-0.3, -0.25) is 0 Å². The average molecular weight is 339 g/mol. The van der Waals surface area contributed by atoms with Crippen LogP contribution in [0.3, 0.4) is 0 Å². The smallest absolute Gasteiger partial charge is 0.100 e. The number of aryl methyl sites for hydroxylation is 1. The van der Waals surface area contributed by atoms with Crippen molar-refractivity contribution >= 4 is 0 Å². The maximum atomic E-state index is 13.3. The van der Waals surface area contributed by atoms with Gasteiger partial charge in [-0.15, -0.1) is 0 Å². The summed E-state index contributed by atoms with van der Waals surface area (Å²) in [6.45, 7) is 2.26. The summed E-state index contributed by atoms with van der Waals surface area (Å²) in [6, 6.07) is 18.0. The lowest BCUT2D eigenvalue weighted by atomic mass is 9.83. The Morgan fingerprint density at radius 3 is 1.96 bits per heavy atom. The fraction of sp³-hybridized carbons (Fsp3) is 0.500. The highest BCUT2D eigenvalue weighted by Crippen LogP contribution is 2.34. The summed E-state index contributed by atoms with van der Waals surface area (Å²) >= 11 is 0. The molecule has 0 bridgehead atoms. The minimum Gasteiger partial charge on any atom is -0.247 e. The third-order valence-electron chi connectivity index (χ3n) is 5.65. The fourth-order valence-corrected chi connectivity index (χ4v) is 3.95. The summed E-state index contributed by atoms with van der Waals surface area (Å²) in [4.78, 5) is 0. The van der Waals surface area contributed by atoms with E-state index in [9.17, 15) is 4.39 Å². The Morgan fingerprint density at radius 2 is 1.36 bits per heavy atom. The molecule has 0 N–H and O–H groups in total. The van der Waals surface area contributed by atoms with Crippen molar-refractivity contribution in [3.05, 3.63) is 59.7 Å². The van der Waals surface area contributed by atoms with Gasteiger partial charge in [-0.1, -0.05) is 74.7 Å². The van der Waals surface area contributed by atoms with Crippen molar-refractivity contribution in [2.45, 2.75) is 76.8 Å². The van der Waals surface area contributed by atoms with Crippen LogP contribution in [-0.2, 0) is 6.42 Å². The van der Waals surface area contributed by atoms with Crippen molar-refractivity contribution in [1.82, 2.24) is 0 Å². The van der Waals surface area contributed by atoms with Gasteiger partial charge in [0.15, 0.2) is 0 Å². The van der Waals surface area contributed by atoms with Crippen LogP contribution in [0, 0.1) is 0 Å². The quantitative estimate of drug-likeness (QED) is 0.459. The minimum atomic E-state index is -0.573. The predicted molar refractivity (Wildman–Crippen MR) is 106 cm³/mol. The Bertz CT molecular complexity index is 618. The average Bonchev–Trinajstić information content (AvgIpc) is 2.67. The molecule has 2 aromatic rings. The van der Waals surface area contributed by atoms with Crippen molar-refractivity contribution < 1.29 is 4.39 Å². The molecule has 3 rings (SSSR count). The normalized spacial score (nSPS) is 20.6. The molecule has 0 nitrogen and oxygen atoms in total. The van der Waals surface area contributed by atoms with Crippen molar-refractivity contribution in [3.8, 4) is 11.1 Å². The zero-order valence-electron chi connectivity index (χ0n) is 15.5. The summed E-state index contributed by atoms with van der Waals surface area (Å²) in [5.41, 5.74) is 5.39. The van der Waals surface area contributed by atoms with E-state index in [1.807, 2.05) is 0 Å². The molecule has 1 aliphatic rings. The molecule has 25 heavy (non-hydrogen) atoms. The van der Waals surface area contributed by atoms with Crippen LogP contribution in [0.2, 0.25) is 0 Å². The molecule has 0 aromatic heterocycles. The van der Waals surface area contributed by atoms with Crippen molar-refractivity contribution in [1.29, 1.82) is 0 Å². The van der Waals surface area contributed by atoms with Gasteiger partial charge in [-0.25, -0.2) is 4.39 Å². The molecular weight excluding hydrogens is 307 g/mol. The van der Waals surface area contributed by atoms with E-state index < -0.39 is 6.17 Å². The van der Waals surface area contributed by atoms with E-state index in [1.54, 1.807) is 0 Å². The van der Waals surface area contributed by atoms with Gasteiger partial charge in [0.05, 0.1) is 0 Å². The van der Waals surface area contributed by atoms with Gasteiger partial charge < -0.3 is 0 Å². The first-order valence-electron chi connectivity index (χ1n) is 10.1. The molecular formula is C24H31F. The molecule has 0 radical (unpaired) electrons. The van der Waals surface area contributed by atoms with E-state index >= 15 is 0 Å². The zero-order valence-corrected chi connectivity index (χ0v) is 15.5. The van der Waals surface area contributed by atoms with Crippen LogP contribution >= 0.6 is 0 Å². The fourth-order valence-electron chi connectivity index (χ4n) is 3.95. The van der Waals surface area contributed by atoms with E-state index in [0.29, 0.717) is 5.92 Å². The standard InChI is InChI=1S/C24H31F/c1-2-3-4-5-6-19-7-9-20(10-8-19)21-11-13-22(14-12-21)23-15-17-24(25)18-16-23/h7-14,23-24H,2-6,15-18H2,1H3. The molecule has 0 spiro atoms. The Balaban J connectivity index is 1.58. The third-order valence-corrected chi connectivity index (χ3v) is 5.65. The number of hydrogen-bond acceptors (Lipinski definition) is 0. The van der Waals surface area contributed by atoms with Crippen LogP contribution in [0.15, 0.2) is 48.5 Å². The third kappa shape index (κ3) is 5.17. The number of rotatable bonds is 7. The largest absolute Gasteiger partial charge is 0.247 e. The number of alkyl halides is 1. The van der Waals surface area contributed by atoms with Gasteiger partial charge in [0.2, 0.25) is 0 Å². The second-order valence-electron chi connectivity index (χ2n) is 7.58. The second kappa shape index (κ2) is 9.17. The maximum absolute atomic E-state index is 13.3. The minimum absolute atomic E-state index is 0.548. The van der Waals surface area contributed by atoms with Crippen LogP contribution in [0.1, 0.15) is 75.3 Å². The second-order valence-corrected chi connectivity index (χ2v) is 7.58. The van der Waals surface area contributed by atoms with E-state index in [2.05, 4.69) is 55.5 Å². The molecule has 1 saturated carbocycles. The van der Waals surface area contributed by atoms with Crippen LogP contribution in [0.4, 0.5) is 4.39 Å². The summed E-state index contributed by atoms with van der Waals surface area (Å²) in [6.07, 6.45) is 9.33. The van der Waals surface area contributed by atoms with E-state index in [4.69, 9.17) is 0 Å². The van der Waals surface area contributed by atoms with Crippen molar-refractivity contribution in [3.63, 3.8) is 0 Å². The molecule has 0 heterocycles. The molecule has 2 aromatic carbocycles. The molecule has 0 unspecified atom stereocenters. The van der Waals surface area contributed by atoms with Crippen molar-refractivity contribution in [2.24, 2.45) is 0 Å². The Labute approximate surface area is 152 Å². The highest BCUT2D eigenvalue weighted by molar-refractivity contribution is 5.64. The molecule has 1 heteroatoms. The molecule has 1 aliphatic carbocycles. The molecule has 134 valence electrons. The van der Waals surface area contributed by atoms with Crippen LogP contribution in [0.5, 0.6) is 0 Å². The van der Waals surface area contributed by atoms with Gasteiger partial charge in [0.1, 0.15) is 6.17 Å². The van der Waals surface area contributed by atoms with Gasteiger partial charge in [0, 0.05) is 0 Å². The van der Waals surface area contributed by atoms with Gasteiger partial charge >= 0.3 is 0 Å². The summed E-state index contributed by atoms with van der Waals surface area (Å²) in [7, 11) is 0. The van der Waals surface area contributed by atoms with Crippen LogP contribution < -0.4 is 0 Å². The number of halogens is 1. The zero-order chi connectivity index (χ0) is 17.5. The molecule has 1 fully saturated rings. The van der Waals surface area contributed by atoms with E-state index in [0.717, 1.165) is 25.7 Å². The monoisotopic (exact) mass is 338 g/mol. The first kappa shape index (κ1) is 18.2. The first-order chi connectivity index (χ1) is 12.3. The Kier molecular flexibility index (Phi) is 6.67. The molecule has 0 aliphatic heterocycles. The number of hydrogen-bond donors (Lipinski definition) is 0. The number of benzene rings is 2. The van der Waals surface area contributed by atoms with E-state index in [1.165, 1.54) is 54.4 Å². The highest BCUT2D eigenvalue weighted by atomic mass is 19.1. The topological polar surface area (TPSA) is 0 Å². The van der Waals surface area contributed by atoms with Gasteiger partial charge in [-0.2, -0.15) is 0 Å². The van der Waals surface area contributed by atoms with Gasteiger partial charge in [-0.05, 0) is 66.7 Å². The van der Waals surface area contributed by atoms with Gasteiger partial charge in [0.25, 0.3) is 0 Å². The molecule has 0 atom stereocenters. The number of unbranched alkanes of at least 4 members (excludes halogenated alkanes) is 3. The van der Waals surface area contributed by atoms with Crippen LogP contribution in [-0.4, -0.2) is 6.17 Å².